The number of nitrogens with zero attached hydrogens (tertiary/aromatic N) is 2. The SMILES string of the molecule is CC1CCCN1c1cc(N)ccn1. The monoisotopic (exact) mass is 177 g/mol. The van der Waals surface area contributed by atoms with Crippen LogP contribution in [0.2, 0.25) is 0 Å². The van der Waals surface area contributed by atoms with Crippen molar-refractivity contribution in [3.63, 3.8) is 0 Å². The standard InChI is InChI=1S/C10H15N3/c1-8-3-2-6-13(8)10-7-9(11)4-5-12-10/h4-5,7-8H,2-3,6H2,1H3,(H2,11,12). The molecular weight excluding hydrogens is 162 g/mol. The lowest BCUT2D eigenvalue weighted by Gasteiger charge is -2.22. The number of rotatable bonds is 1. The molecule has 1 unspecified atom stereocenters. The summed E-state index contributed by atoms with van der Waals surface area (Å²) < 4.78 is 0. The number of nitrogen functional groups attached to an aromatic ring is 1. The normalized spacial score (nSPS) is 22.2. The van der Waals surface area contributed by atoms with Crippen LogP contribution in [0.4, 0.5) is 11.5 Å². The molecular formula is C10H15N3. The van der Waals surface area contributed by atoms with Crippen molar-refractivity contribution >= 4 is 11.5 Å². The molecule has 0 bridgehead atoms. The topological polar surface area (TPSA) is 42.1 Å². The number of hydrogen-bond acceptors (Lipinski definition) is 3. The van der Waals surface area contributed by atoms with Gasteiger partial charge in [0.05, 0.1) is 0 Å². The second kappa shape index (κ2) is 3.24. The maximum atomic E-state index is 5.70. The molecule has 0 amide bonds. The smallest absolute Gasteiger partial charge is 0.130 e. The highest BCUT2D eigenvalue weighted by molar-refractivity contribution is 5.51. The number of pyridine rings is 1. The van der Waals surface area contributed by atoms with E-state index in [9.17, 15) is 0 Å². The van der Waals surface area contributed by atoms with Crippen molar-refractivity contribution in [3.05, 3.63) is 18.3 Å². The molecule has 0 saturated carbocycles. The van der Waals surface area contributed by atoms with E-state index in [0.29, 0.717) is 6.04 Å². The van der Waals surface area contributed by atoms with E-state index >= 15 is 0 Å². The molecule has 1 saturated heterocycles. The fourth-order valence-electron chi connectivity index (χ4n) is 1.86. The van der Waals surface area contributed by atoms with Gasteiger partial charge in [0.2, 0.25) is 0 Å². The van der Waals surface area contributed by atoms with Crippen LogP contribution >= 0.6 is 0 Å². The zero-order valence-corrected chi connectivity index (χ0v) is 7.90. The second-order valence-electron chi connectivity index (χ2n) is 3.63. The Morgan fingerprint density at radius 2 is 2.46 bits per heavy atom. The van der Waals surface area contributed by atoms with Crippen molar-refractivity contribution in [1.29, 1.82) is 0 Å². The third-order valence-electron chi connectivity index (χ3n) is 2.62. The van der Waals surface area contributed by atoms with E-state index in [2.05, 4.69) is 16.8 Å². The number of anilines is 2. The third-order valence-corrected chi connectivity index (χ3v) is 2.62. The molecule has 1 fully saturated rings. The summed E-state index contributed by atoms with van der Waals surface area (Å²) in [5.41, 5.74) is 6.50. The highest BCUT2D eigenvalue weighted by Gasteiger charge is 2.21. The summed E-state index contributed by atoms with van der Waals surface area (Å²) in [4.78, 5) is 6.63. The molecule has 2 N–H and O–H groups in total. The second-order valence-corrected chi connectivity index (χ2v) is 3.63. The Bertz CT molecular complexity index is 298. The van der Waals surface area contributed by atoms with Crippen molar-refractivity contribution in [2.75, 3.05) is 17.2 Å². The van der Waals surface area contributed by atoms with Crippen molar-refractivity contribution < 1.29 is 0 Å². The summed E-state index contributed by atoms with van der Waals surface area (Å²) in [5.74, 6) is 1.02. The van der Waals surface area contributed by atoms with Gasteiger partial charge in [-0.3, -0.25) is 0 Å². The molecule has 1 aromatic heterocycles. The Kier molecular flexibility index (Phi) is 2.08. The van der Waals surface area contributed by atoms with Crippen LogP contribution in [0.25, 0.3) is 0 Å². The van der Waals surface area contributed by atoms with Gasteiger partial charge in [0.15, 0.2) is 0 Å². The van der Waals surface area contributed by atoms with Gasteiger partial charge in [0.25, 0.3) is 0 Å². The van der Waals surface area contributed by atoms with Crippen LogP contribution in [0.3, 0.4) is 0 Å². The van der Waals surface area contributed by atoms with E-state index in [1.165, 1.54) is 12.8 Å². The molecule has 2 heterocycles. The average Bonchev–Trinajstić information content (AvgIpc) is 2.51. The van der Waals surface area contributed by atoms with Crippen molar-refractivity contribution in [2.45, 2.75) is 25.8 Å². The first-order valence-corrected chi connectivity index (χ1v) is 4.75. The van der Waals surface area contributed by atoms with Crippen molar-refractivity contribution in [1.82, 2.24) is 4.98 Å². The zero-order valence-electron chi connectivity index (χ0n) is 7.90. The molecule has 1 aromatic rings. The van der Waals surface area contributed by atoms with Crippen LogP contribution in [0, 0.1) is 0 Å². The third kappa shape index (κ3) is 1.59. The number of nitrogens with two attached hydrogens (primary N) is 1. The molecule has 13 heavy (non-hydrogen) atoms. The Morgan fingerprint density at radius 3 is 3.08 bits per heavy atom. The highest BCUT2D eigenvalue weighted by Crippen LogP contribution is 2.24. The number of aromatic nitrogens is 1. The van der Waals surface area contributed by atoms with Gasteiger partial charge in [0, 0.05) is 30.5 Å². The highest BCUT2D eigenvalue weighted by atomic mass is 15.2. The molecule has 1 aliphatic rings. The van der Waals surface area contributed by atoms with Crippen LogP contribution in [0.1, 0.15) is 19.8 Å². The van der Waals surface area contributed by atoms with Gasteiger partial charge < -0.3 is 10.6 Å². The fourth-order valence-corrected chi connectivity index (χ4v) is 1.86. The van der Waals surface area contributed by atoms with Crippen molar-refractivity contribution in [3.8, 4) is 0 Å². The molecule has 2 rings (SSSR count). The largest absolute Gasteiger partial charge is 0.399 e. The molecule has 0 aromatic carbocycles. The van der Waals surface area contributed by atoms with Crippen molar-refractivity contribution in [2.24, 2.45) is 0 Å². The van der Waals surface area contributed by atoms with Gasteiger partial charge in [-0.2, -0.15) is 0 Å². The Morgan fingerprint density at radius 1 is 1.62 bits per heavy atom. The first-order valence-electron chi connectivity index (χ1n) is 4.75. The predicted octanol–water partition coefficient (Wildman–Crippen LogP) is 1.65. The maximum Gasteiger partial charge on any atom is 0.130 e. The van der Waals surface area contributed by atoms with E-state index < -0.39 is 0 Å². The van der Waals surface area contributed by atoms with E-state index in [1.54, 1.807) is 6.20 Å². The zero-order chi connectivity index (χ0) is 9.26. The Labute approximate surface area is 78.6 Å². The first-order chi connectivity index (χ1) is 6.27. The molecule has 3 nitrogen and oxygen atoms in total. The quantitative estimate of drug-likeness (QED) is 0.709. The van der Waals surface area contributed by atoms with Gasteiger partial charge in [-0.25, -0.2) is 4.98 Å². The van der Waals surface area contributed by atoms with E-state index in [1.807, 2.05) is 12.1 Å². The first kappa shape index (κ1) is 8.35. The summed E-state index contributed by atoms with van der Waals surface area (Å²) in [6.45, 7) is 3.34. The van der Waals surface area contributed by atoms with Crippen LogP contribution in [0.15, 0.2) is 18.3 Å². The van der Waals surface area contributed by atoms with Gasteiger partial charge in [-0.15, -0.1) is 0 Å². The lowest BCUT2D eigenvalue weighted by Crippen LogP contribution is -2.27. The van der Waals surface area contributed by atoms with Crippen LogP contribution in [0.5, 0.6) is 0 Å². The minimum absolute atomic E-state index is 0.606. The molecule has 0 radical (unpaired) electrons. The molecule has 1 atom stereocenters. The maximum absolute atomic E-state index is 5.70. The molecule has 3 heteroatoms. The van der Waals surface area contributed by atoms with Gasteiger partial charge in [-0.1, -0.05) is 0 Å². The lowest BCUT2D eigenvalue weighted by molar-refractivity contribution is 0.727. The van der Waals surface area contributed by atoms with E-state index in [-0.39, 0.29) is 0 Å². The minimum atomic E-state index is 0.606. The van der Waals surface area contributed by atoms with Crippen LogP contribution in [-0.2, 0) is 0 Å². The lowest BCUT2D eigenvalue weighted by atomic mass is 10.2. The summed E-state index contributed by atoms with van der Waals surface area (Å²) in [6.07, 6.45) is 4.30. The van der Waals surface area contributed by atoms with Gasteiger partial charge in [-0.05, 0) is 25.8 Å². The molecule has 70 valence electrons. The van der Waals surface area contributed by atoms with Gasteiger partial charge >= 0.3 is 0 Å². The fraction of sp³-hybridized carbons (Fsp3) is 0.500. The molecule has 0 aliphatic carbocycles. The van der Waals surface area contributed by atoms with Crippen LogP contribution < -0.4 is 10.6 Å². The van der Waals surface area contributed by atoms with E-state index in [0.717, 1.165) is 18.1 Å². The Hall–Kier alpha value is -1.25. The van der Waals surface area contributed by atoms with Crippen LogP contribution in [-0.4, -0.2) is 17.6 Å². The number of hydrogen-bond donors (Lipinski definition) is 1. The molecule has 0 spiro atoms. The van der Waals surface area contributed by atoms with E-state index in [4.69, 9.17) is 5.73 Å². The summed E-state index contributed by atoms with van der Waals surface area (Å²) in [5, 5.41) is 0. The summed E-state index contributed by atoms with van der Waals surface area (Å²) >= 11 is 0. The predicted molar refractivity (Wildman–Crippen MR) is 54.7 cm³/mol. The minimum Gasteiger partial charge on any atom is -0.399 e. The summed E-state index contributed by atoms with van der Waals surface area (Å²) in [7, 11) is 0. The Balaban J connectivity index is 2.24. The summed E-state index contributed by atoms with van der Waals surface area (Å²) in [6, 6.07) is 4.38. The van der Waals surface area contributed by atoms with Gasteiger partial charge in [0.1, 0.15) is 5.82 Å². The molecule has 1 aliphatic heterocycles. The average molecular weight is 177 g/mol.